The molecule has 0 N–H and O–H groups in total. The van der Waals surface area contributed by atoms with Gasteiger partial charge in [0.05, 0.1) is 6.67 Å². The van der Waals surface area contributed by atoms with Gasteiger partial charge in [0.2, 0.25) is 0 Å². The first-order valence-electron chi connectivity index (χ1n) is 11.3. The summed E-state index contributed by atoms with van der Waals surface area (Å²) in [4.78, 5) is 0. The average molecular weight is 415 g/mol. The zero-order valence-electron chi connectivity index (χ0n) is 17.0. The van der Waals surface area contributed by atoms with E-state index in [0.29, 0.717) is 26.3 Å². The lowest BCUT2D eigenvalue weighted by molar-refractivity contribution is 0.308. The molecule has 3 aliphatic rings. The molecule has 0 radical (unpaired) electrons. The molecule has 154 valence electrons. The summed E-state index contributed by atoms with van der Waals surface area (Å²) in [5.41, 5.74) is 2.37. The maximum absolute atomic E-state index is 13.8. The third kappa shape index (κ3) is 6.09. The molecule has 0 spiro atoms. The quantitative estimate of drug-likeness (QED) is 0.336. The molecule has 0 saturated heterocycles. The molecule has 0 amide bonds. The zero-order chi connectivity index (χ0) is 19.1. The Kier molecular flexibility index (Phi) is 9.25. The van der Waals surface area contributed by atoms with Crippen molar-refractivity contribution in [2.45, 2.75) is 101 Å². The van der Waals surface area contributed by atoms with Crippen molar-refractivity contribution in [1.82, 2.24) is 0 Å². The molecule has 0 nitrogen and oxygen atoms in total. The summed E-state index contributed by atoms with van der Waals surface area (Å²) in [5.74, 6) is 0.524. The van der Waals surface area contributed by atoms with Crippen LogP contribution in [0.5, 0.6) is 0 Å². The maximum atomic E-state index is 13.8. The van der Waals surface area contributed by atoms with Crippen molar-refractivity contribution < 1.29 is 8.78 Å². The molecule has 0 aromatic rings. The smallest absolute Gasteiger partial charge is 0.106 e. The molecule has 4 heteroatoms. The number of hydrogen-bond acceptors (Lipinski definition) is 0. The van der Waals surface area contributed by atoms with Crippen LogP contribution >= 0.6 is 16.5 Å². The van der Waals surface area contributed by atoms with Crippen LogP contribution in [-0.2, 0) is 0 Å². The van der Waals surface area contributed by atoms with Crippen molar-refractivity contribution >= 4 is 16.5 Å². The molecule has 2 saturated carbocycles. The number of rotatable bonds is 9. The van der Waals surface area contributed by atoms with Crippen LogP contribution in [0.2, 0.25) is 0 Å². The Morgan fingerprint density at radius 3 is 2.19 bits per heavy atom. The highest BCUT2D eigenvalue weighted by Gasteiger charge is 2.37. The Balaban J connectivity index is 1.68. The summed E-state index contributed by atoms with van der Waals surface area (Å²) in [6, 6.07) is 0. The standard InChI is InChI=1S/C23H38F2P2/c1-18(26-17-19(25)15-16-24)22-13-8-14-23(22)27(20-9-4-2-5-10-20)21-11-6-3-7-12-21/h8,13-14,18-22,26H,2-7,9-12,15-17H2,1H3. The Bertz CT molecular complexity index is 475. The lowest BCUT2D eigenvalue weighted by Crippen LogP contribution is -2.24. The lowest BCUT2D eigenvalue weighted by atomic mass is 9.99. The Labute approximate surface area is 168 Å². The molecule has 0 aliphatic heterocycles. The summed E-state index contributed by atoms with van der Waals surface area (Å²) in [5, 5.41) is 1.74. The fraction of sp³-hybridized carbons (Fsp3) is 0.826. The van der Waals surface area contributed by atoms with E-state index in [9.17, 15) is 8.78 Å². The van der Waals surface area contributed by atoms with E-state index in [0.717, 1.165) is 11.3 Å². The highest BCUT2D eigenvalue weighted by atomic mass is 31.1. The number of halogens is 2. The van der Waals surface area contributed by atoms with E-state index in [1.54, 1.807) is 5.31 Å². The van der Waals surface area contributed by atoms with Crippen LogP contribution in [0.4, 0.5) is 8.78 Å². The number of alkyl halides is 2. The summed E-state index contributed by atoms with van der Waals surface area (Å²) >= 11 is 0. The van der Waals surface area contributed by atoms with Gasteiger partial charge in [-0.3, -0.25) is 4.39 Å². The van der Waals surface area contributed by atoms with Crippen LogP contribution < -0.4 is 0 Å². The van der Waals surface area contributed by atoms with Gasteiger partial charge in [-0.1, -0.05) is 71.6 Å². The van der Waals surface area contributed by atoms with Crippen LogP contribution in [0, 0.1) is 5.92 Å². The van der Waals surface area contributed by atoms with Crippen molar-refractivity contribution in [3.05, 3.63) is 23.5 Å². The van der Waals surface area contributed by atoms with E-state index in [-0.39, 0.29) is 14.3 Å². The lowest BCUT2D eigenvalue weighted by Gasteiger charge is -2.42. The largest absolute Gasteiger partial charge is 0.251 e. The van der Waals surface area contributed by atoms with E-state index in [4.69, 9.17) is 0 Å². The van der Waals surface area contributed by atoms with Gasteiger partial charge in [0.1, 0.15) is 6.17 Å². The van der Waals surface area contributed by atoms with Gasteiger partial charge >= 0.3 is 0 Å². The molecular formula is C23H38F2P2. The van der Waals surface area contributed by atoms with E-state index >= 15 is 0 Å². The van der Waals surface area contributed by atoms with Crippen molar-refractivity contribution in [2.75, 3.05) is 12.8 Å². The second kappa shape index (κ2) is 11.4. The average Bonchev–Trinajstić information content (AvgIpc) is 3.18. The SMILES string of the molecule is CC(PCC(F)CCF)C1C=CC=C1P(C1CCCCC1)C1CCCCC1. The highest BCUT2D eigenvalue weighted by Crippen LogP contribution is 2.64. The molecule has 0 heterocycles. The van der Waals surface area contributed by atoms with Crippen LogP contribution in [0.3, 0.4) is 0 Å². The summed E-state index contributed by atoms with van der Waals surface area (Å²) in [6.07, 6.45) is 21.1. The Morgan fingerprint density at radius 2 is 1.63 bits per heavy atom. The van der Waals surface area contributed by atoms with Crippen LogP contribution in [-0.4, -0.2) is 36.0 Å². The van der Waals surface area contributed by atoms with Gasteiger partial charge in [0, 0.05) is 12.3 Å². The molecule has 4 atom stereocenters. The van der Waals surface area contributed by atoms with Crippen LogP contribution in [0.25, 0.3) is 0 Å². The zero-order valence-corrected chi connectivity index (χ0v) is 18.9. The molecule has 0 aromatic heterocycles. The third-order valence-corrected chi connectivity index (χ3v) is 12.1. The van der Waals surface area contributed by atoms with Gasteiger partial charge in [0.15, 0.2) is 0 Å². The van der Waals surface area contributed by atoms with Gasteiger partial charge in [-0.2, -0.15) is 0 Å². The normalized spacial score (nSPS) is 27.6. The predicted octanol–water partition coefficient (Wildman–Crippen LogP) is 7.97. The fourth-order valence-corrected chi connectivity index (χ4v) is 11.0. The molecule has 4 unspecified atom stereocenters. The highest BCUT2D eigenvalue weighted by molar-refractivity contribution is 7.63. The van der Waals surface area contributed by atoms with E-state index in [1.165, 1.54) is 64.2 Å². The molecule has 3 rings (SSSR count). The monoisotopic (exact) mass is 414 g/mol. The molecule has 0 bridgehead atoms. The Morgan fingerprint density at radius 1 is 1.04 bits per heavy atom. The molecule has 3 aliphatic carbocycles. The van der Waals surface area contributed by atoms with Crippen LogP contribution in [0.1, 0.15) is 77.6 Å². The summed E-state index contributed by atoms with van der Waals surface area (Å²) < 4.78 is 26.2. The third-order valence-electron chi connectivity index (χ3n) is 6.78. The van der Waals surface area contributed by atoms with Crippen molar-refractivity contribution in [2.24, 2.45) is 5.92 Å². The van der Waals surface area contributed by atoms with E-state index in [1.807, 2.05) is 0 Å². The fourth-order valence-electron chi connectivity index (χ4n) is 5.26. The summed E-state index contributed by atoms with van der Waals surface area (Å²) in [6.45, 7) is 1.78. The van der Waals surface area contributed by atoms with Gasteiger partial charge in [-0.05, 0) is 54.1 Å². The molecule has 2 fully saturated rings. The second-order valence-corrected chi connectivity index (χ2v) is 13.3. The van der Waals surface area contributed by atoms with Gasteiger partial charge < -0.3 is 0 Å². The first-order valence-corrected chi connectivity index (χ1v) is 14.1. The van der Waals surface area contributed by atoms with E-state index in [2.05, 4.69) is 25.2 Å². The topological polar surface area (TPSA) is 0 Å². The van der Waals surface area contributed by atoms with Gasteiger partial charge in [0.25, 0.3) is 0 Å². The first-order chi connectivity index (χ1) is 13.2. The number of allylic oxidation sites excluding steroid dienone is 4. The molecule has 0 aromatic carbocycles. The van der Waals surface area contributed by atoms with Crippen LogP contribution in [0.15, 0.2) is 23.5 Å². The second-order valence-electron chi connectivity index (χ2n) is 8.77. The molecule has 27 heavy (non-hydrogen) atoms. The minimum absolute atomic E-state index is 0.0533. The van der Waals surface area contributed by atoms with Gasteiger partial charge in [-0.15, -0.1) is 8.58 Å². The first kappa shape index (κ1) is 21.9. The maximum Gasteiger partial charge on any atom is 0.106 e. The Hall–Kier alpha value is 0.200. The minimum Gasteiger partial charge on any atom is -0.251 e. The van der Waals surface area contributed by atoms with Crippen molar-refractivity contribution in [3.8, 4) is 0 Å². The van der Waals surface area contributed by atoms with Crippen molar-refractivity contribution in [3.63, 3.8) is 0 Å². The van der Waals surface area contributed by atoms with Gasteiger partial charge in [-0.25, -0.2) is 4.39 Å². The van der Waals surface area contributed by atoms with Crippen molar-refractivity contribution in [1.29, 1.82) is 0 Å². The summed E-state index contributed by atoms with van der Waals surface area (Å²) in [7, 11) is 0.550. The number of hydrogen-bond donors (Lipinski definition) is 0. The van der Waals surface area contributed by atoms with E-state index < -0.39 is 12.8 Å². The molecular weight excluding hydrogens is 376 g/mol. The predicted molar refractivity (Wildman–Crippen MR) is 120 cm³/mol. The minimum atomic E-state index is -0.952.